The molecule has 0 saturated heterocycles. The van der Waals surface area contributed by atoms with Gasteiger partial charge in [-0.2, -0.15) is 0 Å². The molecule has 7 heteroatoms. The predicted octanol–water partition coefficient (Wildman–Crippen LogP) is 4.42. The summed E-state index contributed by atoms with van der Waals surface area (Å²) in [5.74, 6) is 0.0917. The summed E-state index contributed by atoms with van der Waals surface area (Å²) in [6.07, 6.45) is 0.831. The van der Waals surface area contributed by atoms with Crippen molar-refractivity contribution in [2.75, 3.05) is 13.2 Å². The zero-order valence-corrected chi connectivity index (χ0v) is 18.3. The molecule has 0 aliphatic rings. The molecule has 1 N–H and O–H groups in total. The molecule has 0 unspecified atom stereocenters. The molecule has 0 aliphatic carbocycles. The molecule has 0 aromatic heterocycles. The number of hydrogen-bond donors (Lipinski definition) is 1. The van der Waals surface area contributed by atoms with E-state index in [1.807, 2.05) is 31.2 Å². The van der Waals surface area contributed by atoms with Crippen LogP contribution >= 0.6 is 27.5 Å². The van der Waals surface area contributed by atoms with E-state index in [1.54, 1.807) is 31.2 Å². The molecule has 1 atom stereocenters. The van der Waals surface area contributed by atoms with Crippen LogP contribution in [0.1, 0.15) is 25.8 Å². The van der Waals surface area contributed by atoms with Gasteiger partial charge in [-0.05, 0) is 55.3 Å². The van der Waals surface area contributed by atoms with Crippen LogP contribution in [0.5, 0.6) is 5.75 Å². The van der Waals surface area contributed by atoms with Crippen LogP contribution < -0.4 is 10.1 Å². The zero-order valence-electron chi connectivity index (χ0n) is 16.0. The Morgan fingerprint density at radius 3 is 2.57 bits per heavy atom. The zero-order chi connectivity index (χ0) is 20.5. The summed E-state index contributed by atoms with van der Waals surface area (Å²) in [6.45, 7) is 4.42. The molecular formula is C21H24BrClN2O3. The summed E-state index contributed by atoms with van der Waals surface area (Å²) >= 11 is 9.31. The first kappa shape index (κ1) is 22.2. The van der Waals surface area contributed by atoms with Gasteiger partial charge in [-0.15, -0.1) is 0 Å². The largest absolute Gasteiger partial charge is 0.484 e. The number of ether oxygens (including phenoxy) is 1. The maximum absolute atomic E-state index is 12.9. The number of rotatable bonds is 9. The molecule has 2 rings (SSSR count). The van der Waals surface area contributed by atoms with Crippen LogP contribution in [0.25, 0.3) is 0 Å². The lowest BCUT2D eigenvalue weighted by Gasteiger charge is -2.28. The Kier molecular flexibility index (Phi) is 8.80. The van der Waals surface area contributed by atoms with Gasteiger partial charge in [0, 0.05) is 22.6 Å². The second-order valence-corrected chi connectivity index (χ2v) is 7.71. The molecule has 0 fully saturated rings. The monoisotopic (exact) mass is 466 g/mol. The van der Waals surface area contributed by atoms with Gasteiger partial charge < -0.3 is 15.0 Å². The summed E-state index contributed by atoms with van der Waals surface area (Å²) < 4.78 is 6.50. The van der Waals surface area contributed by atoms with Crippen LogP contribution in [0.15, 0.2) is 53.0 Å². The van der Waals surface area contributed by atoms with Crippen molar-refractivity contribution >= 4 is 39.3 Å². The first-order valence-corrected chi connectivity index (χ1v) is 10.3. The topological polar surface area (TPSA) is 58.6 Å². The van der Waals surface area contributed by atoms with Crippen molar-refractivity contribution in [3.63, 3.8) is 0 Å². The molecule has 0 spiro atoms. The molecule has 0 saturated carbocycles. The molecule has 2 aromatic rings. The second kappa shape index (κ2) is 11.1. The minimum absolute atomic E-state index is 0.166. The summed E-state index contributed by atoms with van der Waals surface area (Å²) in [6, 6.07) is 13.8. The van der Waals surface area contributed by atoms with E-state index in [0.29, 0.717) is 23.9 Å². The van der Waals surface area contributed by atoms with Crippen LogP contribution in [0, 0.1) is 0 Å². The third-order valence-electron chi connectivity index (χ3n) is 4.13. The highest BCUT2D eigenvalue weighted by Gasteiger charge is 2.26. The van der Waals surface area contributed by atoms with Crippen LogP contribution in [0.3, 0.4) is 0 Å². The fraction of sp³-hybridized carbons (Fsp3) is 0.333. The van der Waals surface area contributed by atoms with Crippen molar-refractivity contribution in [2.24, 2.45) is 0 Å². The minimum Gasteiger partial charge on any atom is -0.484 e. The normalized spacial score (nSPS) is 11.6. The van der Waals surface area contributed by atoms with Gasteiger partial charge in [-0.25, -0.2) is 0 Å². The van der Waals surface area contributed by atoms with Crippen molar-refractivity contribution < 1.29 is 14.3 Å². The fourth-order valence-electron chi connectivity index (χ4n) is 2.57. The molecule has 2 aromatic carbocycles. The van der Waals surface area contributed by atoms with Crippen molar-refractivity contribution in [1.82, 2.24) is 10.2 Å². The smallest absolute Gasteiger partial charge is 0.261 e. The van der Waals surface area contributed by atoms with Gasteiger partial charge in [0.05, 0.1) is 0 Å². The van der Waals surface area contributed by atoms with Crippen molar-refractivity contribution in [3.8, 4) is 5.75 Å². The van der Waals surface area contributed by atoms with Crippen molar-refractivity contribution in [3.05, 3.63) is 63.6 Å². The lowest BCUT2D eigenvalue weighted by Crippen LogP contribution is -2.49. The Hall–Kier alpha value is -2.05. The van der Waals surface area contributed by atoms with Crippen molar-refractivity contribution in [1.29, 1.82) is 0 Å². The van der Waals surface area contributed by atoms with E-state index in [9.17, 15) is 9.59 Å². The van der Waals surface area contributed by atoms with Crippen LogP contribution in [-0.2, 0) is 16.1 Å². The van der Waals surface area contributed by atoms with Gasteiger partial charge in [0.15, 0.2) is 6.61 Å². The number of amides is 2. The first-order chi connectivity index (χ1) is 13.4. The standard InChI is InChI=1S/C21H24BrClN2O3/c1-3-11-24-21(27)15(2)25(13-16-5-4-6-17(22)12-16)20(26)14-28-19-9-7-18(23)8-10-19/h4-10,12,15H,3,11,13-14H2,1-2H3,(H,24,27)/t15-/m0/s1. The Morgan fingerprint density at radius 1 is 1.21 bits per heavy atom. The summed E-state index contributed by atoms with van der Waals surface area (Å²) in [5.41, 5.74) is 0.921. The van der Waals surface area contributed by atoms with E-state index in [2.05, 4.69) is 21.2 Å². The third-order valence-corrected chi connectivity index (χ3v) is 4.88. The van der Waals surface area contributed by atoms with E-state index in [4.69, 9.17) is 16.3 Å². The molecule has 0 heterocycles. The SMILES string of the molecule is CCCNC(=O)[C@H](C)N(Cc1cccc(Br)c1)C(=O)COc1ccc(Cl)cc1. The lowest BCUT2D eigenvalue weighted by molar-refractivity contribution is -0.142. The van der Waals surface area contributed by atoms with Crippen LogP contribution in [0.2, 0.25) is 5.02 Å². The van der Waals surface area contributed by atoms with Gasteiger partial charge in [-0.1, -0.05) is 46.6 Å². The van der Waals surface area contributed by atoms with Gasteiger partial charge in [0.1, 0.15) is 11.8 Å². The number of carbonyl (C=O) groups excluding carboxylic acids is 2. The highest BCUT2D eigenvalue weighted by molar-refractivity contribution is 9.10. The summed E-state index contributed by atoms with van der Waals surface area (Å²) in [7, 11) is 0. The quantitative estimate of drug-likeness (QED) is 0.594. The van der Waals surface area contributed by atoms with E-state index < -0.39 is 6.04 Å². The maximum Gasteiger partial charge on any atom is 0.261 e. The number of halogens is 2. The Morgan fingerprint density at radius 2 is 1.93 bits per heavy atom. The van der Waals surface area contributed by atoms with Gasteiger partial charge in [0.2, 0.25) is 5.91 Å². The molecular weight excluding hydrogens is 444 g/mol. The summed E-state index contributed by atoms with van der Waals surface area (Å²) in [4.78, 5) is 26.9. The molecule has 2 amide bonds. The number of benzene rings is 2. The van der Waals surface area contributed by atoms with Gasteiger partial charge in [0.25, 0.3) is 5.91 Å². The highest BCUT2D eigenvalue weighted by Crippen LogP contribution is 2.17. The number of carbonyl (C=O) groups is 2. The molecule has 0 bridgehead atoms. The Balaban J connectivity index is 2.12. The molecule has 5 nitrogen and oxygen atoms in total. The highest BCUT2D eigenvalue weighted by atomic mass is 79.9. The van der Waals surface area contributed by atoms with E-state index in [0.717, 1.165) is 16.5 Å². The molecule has 0 aliphatic heterocycles. The number of hydrogen-bond acceptors (Lipinski definition) is 3. The van der Waals surface area contributed by atoms with Crippen LogP contribution in [-0.4, -0.2) is 35.9 Å². The maximum atomic E-state index is 12.9. The predicted molar refractivity (Wildman–Crippen MR) is 114 cm³/mol. The average Bonchev–Trinajstić information content (AvgIpc) is 2.69. The average molecular weight is 468 g/mol. The third kappa shape index (κ3) is 6.84. The number of nitrogens with one attached hydrogen (secondary N) is 1. The van der Waals surface area contributed by atoms with E-state index in [1.165, 1.54) is 4.90 Å². The molecule has 28 heavy (non-hydrogen) atoms. The van der Waals surface area contributed by atoms with E-state index in [-0.39, 0.29) is 18.4 Å². The summed E-state index contributed by atoms with van der Waals surface area (Å²) in [5, 5.41) is 3.44. The molecule has 150 valence electrons. The molecule has 0 radical (unpaired) electrons. The second-order valence-electron chi connectivity index (χ2n) is 6.36. The Labute approximate surface area is 179 Å². The Bertz CT molecular complexity index is 798. The lowest BCUT2D eigenvalue weighted by atomic mass is 10.1. The van der Waals surface area contributed by atoms with Crippen molar-refractivity contribution in [2.45, 2.75) is 32.9 Å². The minimum atomic E-state index is -0.619. The van der Waals surface area contributed by atoms with Gasteiger partial charge in [-0.3, -0.25) is 9.59 Å². The first-order valence-electron chi connectivity index (χ1n) is 9.10. The van der Waals surface area contributed by atoms with Crippen LogP contribution in [0.4, 0.5) is 0 Å². The van der Waals surface area contributed by atoms with E-state index >= 15 is 0 Å². The fourth-order valence-corrected chi connectivity index (χ4v) is 3.14. The number of nitrogens with zero attached hydrogens (tertiary/aromatic N) is 1. The van der Waals surface area contributed by atoms with Gasteiger partial charge >= 0.3 is 0 Å².